The lowest BCUT2D eigenvalue weighted by molar-refractivity contribution is 0.295. The average molecular weight is 417 g/mol. The van der Waals surface area contributed by atoms with E-state index in [4.69, 9.17) is 0 Å². The molecule has 0 saturated carbocycles. The monoisotopic (exact) mass is 416 g/mol. The Balaban J connectivity index is 1.65. The van der Waals surface area contributed by atoms with Crippen LogP contribution < -0.4 is 0 Å². The summed E-state index contributed by atoms with van der Waals surface area (Å²) in [6.45, 7) is 2.29. The second kappa shape index (κ2) is 13.9. The second-order valence-electron chi connectivity index (χ2n) is 8.98. The topological polar surface area (TPSA) is 17.8 Å². The van der Waals surface area contributed by atoms with Crippen molar-refractivity contribution in [2.75, 3.05) is 0 Å². The Labute approximate surface area is 189 Å². The summed E-state index contributed by atoms with van der Waals surface area (Å²) in [7, 11) is 0. The van der Waals surface area contributed by atoms with Gasteiger partial charge in [-0.2, -0.15) is 0 Å². The van der Waals surface area contributed by atoms with Crippen LogP contribution in [-0.2, 0) is 12.8 Å². The molecule has 166 valence electrons. The molecule has 1 unspecified atom stereocenters. The van der Waals surface area contributed by atoms with Crippen LogP contribution >= 0.6 is 0 Å². The van der Waals surface area contributed by atoms with E-state index in [1.807, 2.05) is 12.5 Å². The predicted octanol–water partition coefficient (Wildman–Crippen LogP) is 8.06. The molecule has 3 aromatic rings. The first-order chi connectivity index (χ1) is 15.4. The van der Waals surface area contributed by atoms with Gasteiger partial charge in [0.25, 0.3) is 0 Å². The fourth-order valence-corrected chi connectivity index (χ4v) is 4.76. The Morgan fingerprint density at radius 2 is 1.26 bits per heavy atom. The highest BCUT2D eigenvalue weighted by Crippen LogP contribution is 2.31. The van der Waals surface area contributed by atoms with E-state index in [0.29, 0.717) is 12.0 Å². The third-order valence-electron chi connectivity index (χ3n) is 6.49. The van der Waals surface area contributed by atoms with Crippen molar-refractivity contribution in [3.05, 3.63) is 90.5 Å². The molecule has 0 radical (unpaired) electrons. The number of benzene rings is 2. The van der Waals surface area contributed by atoms with E-state index in [1.54, 1.807) is 0 Å². The Kier molecular flexibility index (Phi) is 10.4. The van der Waals surface area contributed by atoms with E-state index >= 15 is 0 Å². The zero-order valence-corrected chi connectivity index (χ0v) is 19.3. The molecular weight excluding hydrogens is 376 g/mol. The number of hydrogen-bond donors (Lipinski definition) is 0. The van der Waals surface area contributed by atoms with Crippen LogP contribution in [-0.4, -0.2) is 9.55 Å². The van der Waals surface area contributed by atoms with E-state index in [-0.39, 0.29) is 0 Å². The minimum atomic E-state index is 0.489. The van der Waals surface area contributed by atoms with E-state index in [0.717, 1.165) is 12.8 Å². The van der Waals surface area contributed by atoms with E-state index in [9.17, 15) is 0 Å². The van der Waals surface area contributed by atoms with Gasteiger partial charge < -0.3 is 4.57 Å². The Morgan fingerprint density at radius 1 is 0.710 bits per heavy atom. The van der Waals surface area contributed by atoms with E-state index in [1.165, 1.54) is 68.9 Å². The van der Waals surface area contributed by atoms with Crippen LogP contribution in [0.1, 0.15) is 81.9 Å². The second-order valence-corrected chi connectivity index (χ2v) is 8.98. The van der Waals surface area contributed by atoms with Gasteiger partial charge in [-0.05, 0) is 36.3 Å². The minimum absolute atomic E-state index is 0.489. The van der Waals surface area contributed by atoms with Crippen molar-refractivity contribution in [2.24, 2.45) is 5.92 Å². The first kappa shape index (κ1) is 23.3. The van der Waals surface area contributed by atoms with Crippen molar-refractivity contribution < 1.29 is 0 Å². The summed E-state index contributed by atoms with van der Waals surface area (Å²) in [5.74, 6) is 0.559. The molecule has 2 heteroatoms. The van der Waals surface area contributed by atoms with Crippen molar-refractivity contribution in [3.8, 4) is 0 Å². The van der Waals surface area contributed by atoms with Gasteiger partial charge in [0.2, 0.25) is 0 Å². The normalized spacial score (nSPS) is 12.3. The zero-order valence-electron chi connectivity index (χ0n) is 19.3. The molecule has 2 aromatic carbocycles. The number of rotatable bonds is 15. The number of aromatic nitrogens is 2. The molecule has 0 fully saturated rings. The lowest BCUT2D eigenvalue weighted by Gasteiger charge is -2.29. The maximum atomic E-state index is 4.39. The first-order valence-electron chi connectivity index (χ1n) is 12.4. The summed E-state index contributed by atoms with van der Waals surface area (Å²) < 4.78 is 2.37. The van der Waals surface area contributed by atoms with Gasteiger partial charge in [0, 0.05) is 18.4 Å². The van der Waals surface area contributed by atoms with Crippen molar-refractivity contribution in [1.82, 2.24) is 9.55 Å². The standard InChI is InChI=1S/C29H40N2/c1-2-3-4-5-6-7-8-15-20-29(31-22-21-30-25-31)28(23-26-16-11-9-12-17-26)24-27-18-13-10-14-19-27/h9-14,16-19,21-22,25,28-29H,2-8,15,20,23-24H2,1H3. The summed E-state index contributed by atoms with van der Waals surface area (Å²) in [4.78, 5) is 4.39. The first-order valence-corrected chi connectivity index (χ1v) is 12.4. The molecule has 0 bridgehead atoms. The number of hydrogen-bond acceptors (Lipinski definition) is 1. The Bertz CT molecular complexity index is 754. The van der Waals surface area contributed by atoms with Crippen molar-refractivity contribution >= 4 is 0 Å². The van der Waals surface area contributed by atoms with Gasteiger partial charge in [-0.1, -0.05) is 119 Å². The zero-order chi connectivity index (χ0) is 21.6. The van der Waals surface area contributed by atoms with Crippen molar-refractivity contribution in [3.63, 3.8) is 0 Å². The quantitative estimate of drug-likeness (QED) is 0.229. The molecule has 0 aliphatic heterocycles. The maximum Gasteiger partial charge on any atom is 0.0948 e. The molecule has 0 spiro atoms. The Hall–Kier alpha value is -2.35. The molecule has 0 aliphatic carbocycles. The van der Waals surface area contributed by atoms with Crippen LogP contribution in [0.25, 0.3) is 0 Å². The van der Waals surface area contributed by atoms with E-state index in [2.05, 4.69) is 83.3 Å². The highest BCUT2D eigenvalue weighted by molar-refractivity contribution is 5.19. The molecule has 3 rings (SSSR count). The molecule has 0 aliphatic rings. The van der Waals surface area contributed by atoms with Gasteiger partial charge in [-0.3, -0.25) is 0 Å². The van der Waals surface area contributed by atoms with Crippen molar-refractivity contribution in [1.29, 1.82) is 0 Å². The molecule has 0 saturated heterocycles. The van der Waals surface area contributed by atoms with Crippen LogP contribution in [0.4, 0.5) is 0 Å². The highest BCUT2D eigenvalue weighted by atomic mass is 15.1. The van der Waals surface area contributed by atoms with Gasteiger partial charge in [0.1, 0.15) is 0 Å². The molecule has 1 aromatic heterocycles. The van der Waals surface area contributed by atoms with Crippen LogP contribution in [0.3, 0.4) is 0 Å². The van der Waals surface area contributed by atoms with Gasteiger partial charge >= 0.3 is 0 Å². The van der Waals surface area contributed by atoms with Crippen LogP contribution in [0.5, 0.6) is 0 Å². The number of imidazole rings is 1. The van der Waals surface area contributed by atoms with Crippen LogP contribution in [0.15, 0.2) is 79.4 Å². The highest BCUT2D eigenvalue weighted by Gasteiger charge is 2.23. The van der Waals surface area contributed by atoms with Crippen LogP contribution in [0.2, 0.25) is 0 Å². The molecule has 2 nitrogen and oxygen atoms in total. The molecule has 1 heterocycles. The SMILES string of the molecule is CCCCCCCCCCC(C(Cc1ccccc1)Cc1ccccc1)n1ccnc1. The molecule has 0 amide bonds. The summed E-state index contributed by atoms with van der Waals surface area (Å²) in [5.41, 5.74) is 2.87. The third kappa shape index (κ3) is 8.36. The molecular formula is C29H40N2. The van der Waals surface area contributed by atoms with Crippen molar-refractivity contribution in [2.45, 2.75) is 83.6 Å². The van der Waals surface area contributed by atoms with Crippen LogP contribution in [0, 0.1) is 5.92 Å². The maximum absolute atomic E-state index is 4.39. The molecule has 1 atom stereocenters. The summed E-state index contributed by atoms with van der Waals surface area (Å²) in [6, 6.07) is 22.5. The predicted molar refractivity (Wildman–Crippen MR) is 132 cm³/mol. The molecule has 31 heavy (non-hydrogen) atoms. The smallest absolute Gasteiger partial charge is 0.0948 e. The fraction of sp³-hybridized carbons (Fsp3) is 0.483. The summed E-state index contributed by atoms with van der Waals surface area (Å²) in [5, 5.41) is 0. The largest absolute Gasteiger partial charge is 0.334 e. The third-order valence-corrected chi connectivity index (χ3v) is 6.49. The summed E-state index contributed by atoms with van der Waals surface area (Å²) >= 11 is 0. The lowest BCUT2D eigenvalue weighted by Crippen LogP contribution is -2.23. The average Bonchev–Trinajstić information content (AvgIpc) is 3.34. The number of unbranched alkanes of at least 4 members (excludes halogenated alkanes) is 7. The van der Waals surface area contributed by atoms with Gasteiger partial charge in [0.05, 0.1) is 6.33 Å². The number of nitrogens with zero attached hydrogens (tertiary/aromatic N) is 2. The fourth-order valence-electron chi connectivity index (χ4n) is 4.76. The Morgan fingerprint density at radius 3 is 1.77 bits per heavy atom. The van der Waals surface area contributed by atoms with E-state index < -0.39 is 0 Å². The van der Waals surface area contributed by atoms with Gasteiger partial charge in [0.15, 0.2) is 0 Å². The van der Waals surface area contributed by atoms with Gasteiger partial charge in [-0.25, -0.2) is 4.98 Å². The molecule has 0 N–H and O–H groups in total. The van der Waals surface area contributed by atoms with Gasteiger partial charge in [-0.15, -0.1) is 0 Å². The summed E-state index contributed by atoms with van der Waals surface area (Å²) in [6.07, 6.45) is 20.5. The lowest BCUT2D eigenvalue weighted by atomic mass is 9.84. The minimum Gasteiger partial charge on any atom is -0.334 e.